The van der Waals surface area contributed by atoms with Gasteiger partial charge in [0, 0.05) is 48.9 Å². The molecule has 148 valence electrons. The lowest BCUT2D eigenvalue weighted by atomic mass is 10.1. The SMILES string of the molecule is O=C(NCCCN1CCCC1=O)c1cccc(Nc2nccc3ccccc23)c1. The maximum atomic E-state index is 12.5. The van der Waals surface area contributed by atoms with Crippen molar-refractivity contribution < 1.29 is 9.59 Å². The zero-order valence-electron chi connectivity index (χ0n) is 16.2. The molecule has 3 aromatic rings. The number of hydrogen-bond donors (Lipinski definition) is 2. The number of hydrogen-bond acceptors (Lipinski definition) is 4. The van der Waals surface area contributed by atoms with E-state index >= 15 is 0 Å². The van der Waals surface area contributed by atoms with Crippen molar-refractivity contribution in [3.63, 3.8) is 0 Å². The summed E-state index contributed by atoms with van der Waals surface area (Å²) >= 11 is 0. The number of anilines is 2. The number of likely N-dealkylation sites (tertiary alicyclic amines) is 1. The highest BCUT2D eigenvalue weighted by molar-refractivity contribution is 5.96. The number of amides is 2. The summed E-state index contributed by atoms with van der Waals surface area (Å²) in [6.45, 7) is 2.08. The predicted molar refractivity (Wildman–Crippen MR) is 114 cm³/mol. The van der Waals surface area contributed by atoms with Crippen molar-refractivity contribution in [3.8, 4) is 0 Å². The van der Waals surface area contributed by atoms with Gasteiger partial charge in [0.1, 0.15) is 5.82 Å². The molecule has 1 aliphatic heterocycles. The third kappa shape index (κ3) is 4.54. The van der Waals surface area contributed by atoms with Crippen LogP contribution >= 0.6 is 0 Å². The smallest absolute Gasteiger partial charge is 0.251 e. The molecule has 0 spiro atoms. The number of pyridine rings is 1. The molecule has 4 rings (SSSR count). The summed E-state index contributed by atoms with van der Waals surface area (Å²) in [6.07, 6.45) is 4.12. The van der Waals surface area contributed by atoms with Crippen molar-refractivity contribution in [2.75, 3.05) is 25.0 Å². The molecule has 6 nitrogen and oxygen atoms in total. The Hall–Kier alpha value is -3.41. The summed E-state index contributed by atoms with van der Waals surface area (Å²) in [6, 6.07) is 17.4. The van der Waals surface area contributed by atoms with Crippen LogP contribution in [0.15, 0.2) is 60.8 Å². The van der Waals surface area contributed by atoms with E-state index in [4.69, 9.17) is 0 Å². The lowest BCUT2D eigenvalue weighted by Crippen LogP contribution is -2.30. The molecule has 0 radical (unpaired) electrons. The molecule has 29 heavy (non-hydrogen) atoms. The summed E-state index contributed by atoms with van der Waals surface area (Å²) in [5, 5.41) is 8.39. The molecule has 2 N–H and O–H groups in total. The minimum Gasteiger partial charge on any atom is -0.352 e. The summed E-state index contributed by atoms with van der Waals surface area (Å²) in [5.74, 6) is 0.861. The number of nitrogens with zero attached hydrogens (tertiary/aromatic N) is 2. The van der Waals surface area contributed by atoms with Crippen LogP contribution in [0.3, 0.4) is 0 Å². The first-order chi connectivity index (χ1) is 14.2. The lowest BCUT2D eigenvalue weighted by Gasteiger charge is -2.15. The molecule has 0 aliphatic carbocycles. The molecular weight excluding hydrogens is 364 g/mol. The van der Waals surface area contributed by atoms with E-state index in [1.165, 1.54) is 0 Å². The van der Waals surface area contributed by atoms with Crippen molar-refractivity contribution in [3.05, 3.63) is 66.4 Å². The van der Waals surface area contributed by atoms with Gasteiger partial charge in [-0.25, -0.2) is 4.98 Å². The van der Waals surface area contributed by atoms with Gasteiger partial charge >= 0.3 is 0 Å². The third-order valence-electron chi connectivity index (χ3n) is 5.12. The summed E-state index contributed by atoms with van der Waals surface area (Å²) in [5.41, 5.74) is 1.40. The molecule has 0 bridgehead atoms. The van der Waals surface area contributed by atoms with E-state index in [-0.39, 0.29) is 11.8 Å². The Bertz CT molecular complexity index is 1030. The number of benzene rings is 2. The van der Waals surface area contributed by atoms with E-state index in [0.29, 0.717) is 25.1 Å². The van der Waals surface area contributed by atoms with Crippen molar-refractivity contribution in [2.24, 2.45) is 0 Å². The zero-order chi connectivity index (χ0) is 20.1. The number of rotatable bonds is 7. The van der Waals surface area contributed by atoms with Gasteiger partial charge in [-0.3, -0.25) is 9.59 Å². The average Bonchev–Trinajstić information content (AvgIpc) is 3.16. The van der Waals surface area contributed by atoms with Gasteiger partial charge in [-0.1, -0.05) is 30.3 Å². The highest BCUT2D eigenvalue weighted by atomic mass is 16.2. The molecule has 1 aliphatic rings. The van der Waals surface area contributed by atoms with Gasteiger partial charge in [-0.2, -0.15) is 0 Å². The quantitative estimate of drug-likeness (QED) is 0.605. The van der Waals surface area contributed by atoms with E-state index in [2.05, 4.69) is 15.6 Å². The van der Waals surface area contributed by atoms with E-state index in [0.717, 1.165) is 41.7 Å². The fraction of sp³-hybridized carbons (Fsp3) is 0.261. The number of carbonyl (C=O) groups is 2. The minimum absolute atomic E-state index is 0.118. The molecule has 2 aromatic carbocycles. The molecule has 0 atom stereocenters. The summed E-state index contributed by atoms with van der Waals surface area (Å²) < 4.78 is 0. The van der Waals surface area contributed by atoms with Crippen LogP contribution in [-0.2, 0) is 4.79 Å². The largest absolute Gasteiger partial charge is 0.352 e. The molecule has 1 aromatic heterocycles. The van der Waals surface area contributed by atoms with Crippen LogP contribution in [-0.4, -0.2) is 41.3 Å². The highest BCUT2D eigenvalue weighted by Gasteiger charge is 2.19. The Morgan fingerprint density at radius 3 is 2.86 bits per heavy atom. The van der Waals surface area contributed by atoms with Crippen molar-refractivity contribution in [1.82, 2.24) is 15.2 Å². The molecule has 2 heterocycles. The fourth-order valence-electron chi connectivity index (χ4n) is 3.61. The molecule has 2 amide bonds. The van der Waals surface area contributed by atoms with Gasteiger partial charge in [-0.15, -0.1) is 0 Å². The summed E-state index contributed by atoms with van der Waals surface area (Å²) in [4.78, 5) is 30.4. The normalized spacial score (nSPS) is 13.7. The van der Waals surface area contributed by atoms with Gasteiger partial charge in [0.2, 0.25) is 5.91 Å². The van der Waals surface area contributed by atoms with Crippen LogP contribution in [0.1, 0.15) is 29.6 Å². The zero-order valence-corrected chi connectivity index (χ0v) is 16.2. The maximum absolute atomic E-state index is 12.5. The van der Waals surface area contributed by atoms with Gasteiger partial charge in [0.05, 0.1) is 0 Å². The third-order valence-corrected chi connectivity index (χ3v) is 5.12. The fourth-order valence-corrected chi connectivity index (χ4v) is 3.61. The number of nitrogens with one attached hydrogen (secondary N) is 2. The van der Waals surface area contributed by atoms with E-state index in [1.807, 2.05) is 53.4 Å². The first kappa shape index (κ1) is 18.9. The molecule has 6 heteroatoms. The van der Waals surface area contributed by atoms with Crippen molar-refractivity contribution in [2.45, 2.75) is 19.3 Å². The monoisotopic (exact) mass is 388 g/mol. The number of fused-ring (bicyclic) bond motifs is 1. The van der Waals surface area contributed by atoms with E-state index in [1.54, 1.807) is 12.3 Å². The van der Waals surface area contributed by atoms with Crippen LogP contribution in [0.2, 0.25) is 0 Å². The maximum Gasteiger partial charge on any atom is 0.251 e. The first-order valence-corrected chi connectivity index (χ1v) is 9.97. The standard InChI is InChI=1S/C23H24N4O2/c28-21-10-4-14-27(21)15-5-12-25-23(29)18-7-3-8-19(16-18)26-22-20-9-2-1-6-17(20)11-13-24-22/h1-3,6-9,11,13,16H,4-5,10,12,14-15H2,(H,24,26)(H,25,29). The van der Waals surface area contributed by atoms with E-state index in [9.17, 15) is 9.59 Å². The van der Waals surface area contributed by atoms with Crippen molar-refractivity contribution >= 4 is 34.1 Å². The Morgan fingerprint density at radius 1 is 1.10 bits per heavy atom. The van der Waals surface area contributed by atoms with Crippen LogP contribution in [0.5, 0.6) is 0 Å². The van der Waals surface area contributed by atoms with Gasteiger partial charge in [0.25, 0.3) is 5.91 Å². The van der Waals surface area contributed by atoms with Gasteiger partial charge in [-0.05, 0) is 42.5 Å². The Kier molecular flexibility index (Phi) is 5.70. The first-order valence-electron chi connectivity index (χ1n) is 9.97. The van der Waals surface area contributed by atoms with Crippen LogP contribution in [0, 0.1) is 0 Å². The predicted octanol–water partition coefficient (Wildman–Crippen LogP) is 3.72. The van der Waals surface area contributed by atoms with E-state index < -0.39 is 0 Å². The van der Waals surface area contributed by atoms with Crippen molar-refractivity contribution in [1.29, 1.82) is 0 Å². The average molecular weight is 388 g/mol. The summed E-state index contributed by atoms with van der Waals surface area (Å²) in [7, 11) is 0. The second-order valence-corrected chi connectivity index (χ2v) is 7.18. The van der Waals surface area contributed by atoms with Crippen LogP contribution < -0.4 is 10.6 Å². The topological polar surface area (TPSA) is 74.3 Å². The number of aromatic nitrogens is 1. The highest BCUT2D eigenvalue weighted by Crippen LogP contribution is 2.24. The molecular formula is C23H24N4O2. The molecule has 1 fully saturated rings. The van der Waals surface area contributed by atoms with Gasteiger partial charge in [0.15, 0.2) is 0 Å². The Labute approximate surface area is 169 Å². The van der Waals surface area contributed by atoms with Gasteiger partial charge < -0.3 is 15.5 Å². The van der Waals surface area contributed by atoms with Crippen LogP contribution in [0.25, 0.3) is 10.8 Å². The minimum atomic E-state index is -0.118. The lowest BCUT2D eigenvalue weighted by molar-refractivity contribution is -0.127. The molecule has 0 saturated carbocycles. The van der Waals surface area contributed by atoms with Crippen LogP contribution in [0.4, 0.5) is 11.5 Å². The second-order valence-electron chi connectivity index (χ2n) is 7.18. The Morgan fingerprint density at radius 2 is 2.00 bits per heavy atom. The number of carbonyl (C=O) groups excluding carboxylic acids is 2. The Balaban J connectivity index is 1.36. The molecule has 0 unspecified atom stereocenters. The second kappa shape index (κ2) is 8.73. The molecule has 1 saturated heterocycles.